The molecular weight excluding hydrogens is 364 g/mol. The maximum atomic E-state index is 12.6. The predicted molar refractivity (Wildman–Crippen MR) is 98.6 cm³/mol. The van der Waals surface area contributed by atoms with Gasteiger partial charge in [0.05, 0.1) is 17.7 Å². The number of methoxy groups -OCH3 is 1. The summed E-state index contributed by atoms with van der Waals surface area (Å²) >= 11 is 0. The lowest BCUT2D eigenvalue weighted by atomic mass is 10.3. The number of benzene rings is 1. The summed E-state index contributed by atoms with van der Waals surface area (Å²) < 4.78 is 36.8. The van der Waals surface area contributed by atoms with E-state index in [-0.39, 0.29) is 23.1 Å². The molecule has 25 heavy (non-hydrogen) atoms. The Morgan fingerprint density at radius 3 is 2.48 bits per heavy atom. The first kappa shape index (κ1) is 21.4. The van der Waals surface area contributed by atoms with E-state index in [2.05, 4.69) is 25.0 Å². The maximum absolute atomic E-state index is 12.6. The first-order valence-electron chi connectivity index (χ1n) is 7.69. The third-order valence-electron chi connectivity index (χ3n) is 3.39. The van der Waals surface area contributed by atoms with Crippen molar-refractivity contribution in [2.45, 2.75) is 30.6 Å². The molecule has 1 rings (SSSR count). The molecule has 0 saturated carbocycles. The van der Waals surface area contributed by atoms with Crippen molar-refractivity contribution < 1.29 is 27.8 Å². The molecule has 0 aromatic heterocycles. The van der Waals surface area contributed by atoms with Crippen molar-refractivity contribution in [3.05, 3.63) is 18.2 Å². The highest BCUT2D eigenvalue weighted by atomic mass is 32.2. The Hall–Kier alpha value is -1.62. The molecule has 0 radical (unpaired) electrons. The van der Waals surface area contributed by atoms with Gasteiger partial charge in [0, 0.05) is 21.7 Å². The number of carboxylic acid groups (broad SMARTS) is 1. The molecule has 0 atom stereocenters. The topological polar surface area (TPSA) is 105 Å². The van der Waals surface area contributed by atoms with Gasteiger partial charge < -0.3 is 14.6 Å². The number of anilines is 1. The summed E-state index contributed by atoms with van der Waals surface area (Å²) in [6, 6.07) is 4.93. The highest BCUT2D eigenvalue weighted by Gasteiger charge is 2.23. The van der Waals surface area contributed by atoms with Crippen LogP contribution >= 0.6 is 0 Å². The van der Waals surface area contributed by atoms with Crippen LogP contribution in [0.4, 0.5) is 10.5 Å². The van der Waals surface area contributed by atoms with Crippen molar-refractivity contribution in [2.24, 2.45) is 0 Å². The van der Waals surface area contributed by atoms with Crippen LogP contribution in [-0.2, 0) is 14.8 Å². The Kier molecular flexibility index (Phi) is 7.41. The number of nitrogens with zero attached hydrogens (tertiary/aromatic N) is 1. The first-order valence-corrected chi connectivity index (χ1v) is 12.8. The van der Waals surface area contributed by atoms with E-state index in [0.717, 1.165) is 10.3 Å². The Labute approximate surface area is 149 Å². The molecule has 10 heteroatoms. The molecule has 0 bridgehead atoms. The molecule has 142 valence electrons. The van der Waals surface area contributed by atoms with Gasteiger partial charge in [-0.25, -0.2) is 13.2 Å². The lowest BCUT2D eigenvalue weighted by Gasteiger charge is -2.20. The fraction of sp³-hybridized carbons (Fsp3) is 0.533. The van der Waals surface area contributed by atoms with Gasteiger partial charge in [0.15, 0.2) is 0 Å². The molecular formula is C15H26N2O6SSi. The second-order valence-corrected chi connectivity index (χ2v) is 14.4. The summed E-state index contributed by atoms with van der Waals surface area (Å²) in [6.45, 7) is 7.08. The lowest BCUT2D eigenvalue weighted by molar-refractivity contribution is 0.0907. The molecule has 0 aliphatic carbocycles. The fourth-order valence-electron chi connectivity index (χ4n) is 1.88. The highest BCUT2D eigenvalue weighted by molar-refractivity contribution is 7.89. The van der Waals surface area contributed by atoms with E-state index < -0.39 is 24.2 Å². The Balaban J connectivity index is 2.88. The van der Waals surface area contributed by atoms with Gasteiger partial charge in [0.2, 0.25) is 10.0 Å². The summed E-state index contributed by atoms with van der Waals surface area (Å²) in [5.74, 6) is 0.232. The Bertz CT molecular complexity index is 702. The van der Waals surface area contributed by atoms with Crippen molar-refractivity contribution in [3.63, 3.8) is 0 Å². The van der Waals surface area contributed by atoms with Gasteiger partial charge in [-0.05, 0) is 24.2 Å². The van der Waals surface area contributed by atoms with Gasteiger partial charge in [-0.2, -0.15) is 4.31 Å². The minimum absolute atomic E-state index is 0.0478. The van der Waals surface area contributed by atoms with Crippen LogP contribution in [-0.4, -0.2) is 59.5 Å². The van der Waals surface area contributed by atoms with Crippen LogP contribution in [0, 0.1) is 0 Å². The largest absolute Gasteiger partial charge is 0.495 e. The average molecular weight is 391 g/mol. The smallest absolute Gasteiger partial charge is 0.409 e. The second-order valence-electron chi connectivity index (χ2n) is 6.74. The van der Waals surface area contributed by atoms with Crippen LogP contribution in [0.25, 0.3) is 0 Å². The van der Waals surface area contributed by atoms with Gasteiger partial charge in [-0.3, -0.25) is 5.32 Å². The van der Waals surface area contributed by atoms with E-state index in [1.54, 1.807) is 0 Å². The average Bonchev–Trinajstić information content (AvgIpc) is 2.49. The number of nitrogens with one attached hydrogen (secondary N) is 1. The first-order chi connectivity index (χ1) is 11.5. The number of amides is 1. The van der Waals surface area contributed by atoms with Crippen molar-refractivity contribution in [1.82, 2.24) is 4.31 Å². The van der Waals surface area contributed by atoms with E-state index >= 15 is 0 Å². The van der Waals surface area contributed by atoms with Crippen LogP contribution in [0.15, 0.2) is 23.1 Å². The standard InChI is InChI=1S/C15H26N2O6SSi/c1-17(11-23-8-9-25(3,4)5)24(20,21)12-6-7-14(22-2)13(10-12)16-15(18)19/h6-7,10,16H,8-9,11H2,1-5H3,(H,18,19). The SMILES string of the molecule is COc1ccc(S(=O)(=O)N(C)COCC[Si](C)(C)C)cc1NC(=O)O. The predicted octanol–water partition coefficient (Wildman–Crippen LogP) is 2.72. The summed E-state index contributed by atoms with van der Waals surface area (Å²) in [5.41, 5.74) is 0.0594. The van der Waals surface area contributed by atoms with E-state index in [1.807, 2.05) is 0 Å². The number of carbonyl (C=O) groups is 1. The summed E-state index contributed by atoms with van der Waals surface area (Å²) in [4.78, 5) is 10.8. The molecule has 1 amide bonds. The third-order valence-corrected chi connectivity index (χ3v) is 6.87. The highest BCUT2D eigenvalue weighted by Crippen LogP contribution is 2.28. The normalized spacial score (nSPS) is 12.2. The summed E-state index contributed by atoms with van der Waals surface area (Å²) in [7, 11) is -2.27. The van der Waals surface area contributed by atoms with E-state index in [9.17, 15) is 13.2 Å². The number of hydrogen-bond acceptors (Lipinski definition) is 5. The van der Waals surface area contributed by atoms with Crippen LogP contribution in [0.1, 0.15) is 0 Å². The second kappa shape index (κ2) is 8.65. The van der Waals surface area contributed by atoms with Gasteiger partial charge in [-0.1, -0.05) is 19.6 Å². The van der Waals surface area contributed by atoms with Gasteiger partial charge in [0.25, 0.3) is 0 Å². The molecule has 0 spiro atoms. The van der Waals surface area contributed by atoms with Crippen LogP contribution in [0.3, 0.4) is 0 Å². The molecule has 0 heterocycles. The van der Waals surface area contributed by atoms with E-state index in [1.165, 1.54) is 32.4 Å². The monoisotopic (exact) mass is 390 g/mol. The molecule has 1 aromatic rings. The molecule has 2 N–H and O–H groups in total. The summed E-state index contributed by atoms with van der Waals surface area (Å²) in [5, 5.41) is 11.0. The maximum Gasteiger partial charge on any atom is 0.409 e. The van der Waals surface area contributed by atoms with Crippen molar-refractivity contribution in [2.75, 3.05) is 32.8 Å². The molecule has 0 unspecified atom stereocenters. The van der Waals surface area contributed by atoms with Crippen molar-refractivity contribution in [3.8, 4) is 5.75 Å². The Morgan fingerprint density at radius 1 is 1.32 bits per heavy atom. The van der Waals surface area contributed by atoms with Gasteiger partial charge in [-0.15, -0.1) is 0 Å². The molecule has 0 fully saturated rings. The zero-order valence-corrected chi connectivity index (χ0v) is 17.0. The number of rotatable bonds is 9. The van der Waals surface area contributed by atoms with E-state index in [4.69, 9.17) is 14.6 Å². The zero-order chi connectivity index (χ0) is 19.3. The molecule has 0 aliphatic heterocycles. The lowest BCUT2D eigenvalue weighted by Crippen LogP contribution is -2.30. The zero-order valence-electron chi connectivity index (χ0n) is 15.2. The quantitative estimate of drug-likeness (QED) is 0.382. The van der Waals surface area contributed by atoms with Crippen LogP contribution in [0.5, 0.6) is 5.75 Å². The summed E-state index contributed by atoms with van der Waals surface area (Å²) in [6.07, 6.45) is -1.31. The molecule has 8 nitrogen and oxygen atoms in total. The van der Waals surface area contributed by atoms with Gasteiger partial charge >= 0.3 is 6.09 Å². The number of ether oxygens (including phenoxy) is 2. The van der Waals surface area contributed by atoms with Gasteiger partial charge in [0.1, 0.15) is 12.5 Å². The number of hydrogen-bond donors (Lipinski definition) is 2. The van der Waals surface area contributed by atoms with Crippen molar-refractivity contribution in [1.29, 1.82) is 0 Å². The van der Waals surface area contributed by atoms with Crippen molar-refractivity contribution >= 4 is 29.9 Å². The fourth-order valence-corrected chi connectivity index (χ4v) is 3.72. The minimum Gasteiger partial charge on any atom is -0.495 e. The molecule has 1 aromatic carbocycles. The molecule has 0 saturated heterocycles. The van der Waals surface area contributed by atoms with E-state index in [0.29, 0.717) is 6.61 Å². The number of sulfonamides is 1. The Morgan fingerprint density at radius 2 is 1.96 bits per heavy atom. The van der Waals surface area contributed by atoms with Crippen LogP contribution in [0.2, 0.25) is 25.7 Å². The van der Waals surface area contributed by atoms with Crippen LogP contribution < -0.4 is 10.1 Å². The third kappa shape index (κ3) is 6.65. The molecule has 0 aliphatic rings. The minimum atomic E-state index is -3.81.